The molecule has 0 saturated heterocycles. The zero-order chi connectivity index (χ0) is 41.4. The van der Waals surface area contributed by atoms with E-state index in [0.29, 0.717) is 23.9 Å². The second kappa shape index (κ2) is 39.4. The number of rotatable bonds is 43. The highest BCUT2D eigenvalue weighted by Gasteiger charge is 2.24. The molecule has 1 amide bonds. The van der Waals surface area contributed by atoms with Crippen molar-refractivity contribution in [2.45, 2.75) is 231 Å². The Hall–Kier alpha value is -1.02. The molecular weight excluding hydrogens is 719 g/mol. The third-order valence-electron chi connectivity index (χ3n) is 10.7. The van der Waals surface area contributed by atoms with Gasteiger partial charge in [0.1, 0.15) is 13.2 Å². The number of likely N-dealkylation sites (N-methyl/N-ethyl adjacent to an activating group) is 1. The third kappa shape index (κ3) is 41.2. The van der Waals surface area contributed by atoms with E-state index in [1.807, 2.05) is 21.1 Å². The van der Waals surface area contributed by atoms with E-state index in [9.17, 15) is 19.4 Å². The van der Waals surface area contributed by atoms with Crippen LogP contribution in [0.1, 0.15) is 219 Å². The van der Waals surface area contributed by atoms with E-state index in [1.54, 1.807) is 0 Å². The molecule has 0 aromatic rings. The Bertz CT molecular complexity index is 969. The molecule has 332 valence electrons. The van der Waals surface area contributed by atoms with Gasteiger partial charge in [0.25, 0.3) is 7.82 Å². The molecule has 0 aromatic carbocycles. The predicted molar refractivity (Wildman–Crippen MR) is 238 cm³/mol. The van der Waals surface area contributed by atoms with Gasteiger partial charge in [-0.05, 0) is 38.5 Å². The second-order valence-corrected chi connectivity index (χ2v) is 18.9. The Kier molecular flexibility index (Phi) is 38.7. The van der Waals surface area contributed by atoms with Gasteiger partial charge < -0.3 is 28.8 Å². The van der Waals surface area contributed by atoms with Gasteiger partial charge in [-0.3, -0.25) is 9.36 Å². The summed E-state index contributed by atoms with van der Waals surface area (Å²) in [7, 11) is 1.30. The quantitative estimate of drug-likeness (QED) is 0.0275. The lowest BCUT2D eigenvalue weighted by Gasteiger charge is -2.30. The molecule has 0 radical (unpaired) electrons. The van der Waals surface area contributed by atoms with Crippen molar-refractivity contribution in [3.05, 3.63) is 24.3 Å². The topological polar surface area (TPSA) is 108 Å². The number of aliphatic hydroxyl groups excluding tert-OH is 1. The van der Waals surface area contributed by atoms with Gasteiger partial charge in [0.05, 0.1) is 39.9 Å². The third-order valence-corrected chi connectivity index (χ3v) is 11.7. The Morgan fingerprint density at radius 1 is 0.625 bits per heavy atom. The summed E-state index contributed by atoms with van der Waals surface area (Å²) in [5, 5.41) is 13.9. The van der Waals surface area contributed by atoms with Gasteiger partial charge in [-0.1, -0.05) is 199 Å². The Morgan fingerprint density at radius 3 is 1.54 bits per heavy atom. The summed E-state index contributed by atoms with van der Waals surface area (Å²) >= 11 is 0. The van der Waals surface area contributed by atoms with Gasteiger partial charge in [0.2, 0.25) is 5.91 Å². The Labute approximate surface area is 347 Å². The van der Waals surface area contributed by atoms with Crippen LogP contribution < -0.4 is 10.2 Å². The normalized spacial score (nSPS) is 14.5. The highest BCUT2D eigenvalue weighted by Crippen LogP contribution is 2.38. The monoisotopic (exact) mass is 813 g/mol. The molecule has 0 aliphatic rings. The van der Waals surface area contributed by atoms with Crippen molar-refractivity contribution < 1.29 is 32.9 Å². The SMILES string of the molecule is CCCC/C=C\C/C=C\CCCCCCCC(=O)NC(COP(=O)([O-])OCC[N+](C)(C)C)C(O)CCCCCCCCCCCCCCCCCCCCCC. The van der Waals surface area contributed by atoms with E-state index in [2.05, 4.69) is 43.5 Å². The summed E-state index contributed by atoms with van der Waals surface area (Å²) in [5.41, 5.74) is 0. The summed E-state index contributed by atoms with van der Waals surface area (Å²) in [6.45, 7) is 4.68. The average Bonchev–Trinajstić information content (AvgIpc) is 3.15. The second-order valence-electron chi connectivity index (χ2n) is 17.5. The van der Waals surface area contributed by atoms with E-state index in [-0.39, 0.29) is 19.1 Å². The van der Waals surface area contributed by atoms with E-state index < -0.39 is 20.0 Å². The minimum atomic E-state index is -4.57. The summed E-state index contributed by atoms with van der Waals surface area (Å²) in [5.74, 6) is -0.178. The van der Waals surface area contributed by atoms with Crippen molar-refractivity contribution in [2.75, 3.05) is 40.9 Å². The number of aliphatic hydroxyl groups is 1. The fourth-order valence-electron chi connectivity index (χ4n) is 6.88. The van der Waals surface area contributed by atoms with Crippen molar-refractivity contribution >= 4 is 13.7 Å². The number of quaternary nitrogens is 1. The first-order valence-electron chi connectivity index (χ1n) is 23.7. The lowest BCUT2D eigenvalue weighted by atomic mass is 10.0. The van der Waals surface area contributed by atoms with Crippen LogP contribution in [0.2, 0.25) is 0 Å². The molecule has 0 bridgehead atoms. The standard InChI is InChI=1S/C47H93N2O6P/c1-6-8-10-12-14-16-18-20-22-23-24-25-26-27-28-30-32-34-36-38-40-46(50)45(44-55-56(52,53)54-43-42-49(3,4)5)48-47(51)41-39-37-35-33-31-29-21-19-17-15-13-11-9-7-2/h13,15,19,21,45-46,50H,6-12,14,16-18,20,22-44H2,1-5H3,(H-,48,51,52,53)/b15-13-,21-19-. The molecule has 0 rings (SSSR count). The number of phosphoric ester groups is 1. The van der Waals surface area contributed by atoms with Crippen LogP contribution >= 0.6 is 7.82 Å². The molecule has 0 spiro atoms. The molecule has 0 heterocycles. The van der Waals surface area contributed by atoms with Crippen molar-refractivity contribution in [1.29, 1.82) is 0 Å². The number of carbonyl (C=O) groups is 1. The molecule has 0 saturated carbocycles. The summed E-state index contributed by atoms with van der Waals surface area (Å²) in [4.78, 5) is 25.3. The van der Waals surface area contributed by atoms with Crippen molar-refractivity contribution in [3.8, 4) is 0 Å². The van der Waals surface area contributed by atoms with Crippen LogP contribution in [0.15, 0.2) is 24.3 Å². The number of hydrogen-bond donors (Lipinski definition) is 2. The Morgan fingerprint density at radius 2 is 1.05 bits per heavy atom. The van der Waals surface area contributed by atoms with Crippen LogP contribution in [0.25, 0.3) is 0 Å². The molecule has 0 aliphatic carbocycles. The predicted octanol–water partition coefficient (Wildman–Crippen LogP) is 12.7. The molecule has 9 heteroatoms. The van der Waals surface area contributed by atoms with Gasteiger partial charge >= 0.3 is 0 Å². The fraction of sp³-hybridized carbons (Fsp3) is 0.894. The number of unbranched alkanes of at least 4 members (excludes halogenated alkanes) is 26. The summed E-state index contributed by atoms with van der Waals surface area (Å²) in [6, 6.07) is -0.805. The van der Waals surface area contributed by atoms with Crippen LogP contribution in [0.4, 0.5) is 0 Å². The van der Waals surface area contributed by atoms with Gasteiger partial charge in [0.15, 0.2) is 0 Å². The van der Waals surface area contributed by atoms with Crippen molar-refractivity contribution in [1.82, 2.24) is 5.32 Å². The highest BCUT2D eigenvalue weighted by molar-refractivity contribution is 7.45. The largest absolute Gasteiger partial charge is 0.756 e. The van der Waals surface area contributed by atoms with Crippen LogP contribution in [-0.2, 0) is 18.4 Å². The first-order chi connectivity index (χ1) is 27.0. The maximum Gasteiger partial charge on any atom is 0.268 e. The minimum absolute atomic E-state index is 0.00993. The molecule has 0 aromatic heterocycles. The smallest absolute Gasteiger partial charge is 0.268 e. The maximum absolute atomic E-state index is 12.9. The minimum Gasteiger partial charge on any atom is -0.756 e. The number of nitrogens with one attached hydrogen (secondary N) is 1. The van der Waals surface area contributed by atoms with E-state index >= 15 is 0 Å². The number of carbonyl (C=O) groups excluding carboxylic acids is 1. The van der Waals surface area contributed by atoms with Gasteiger partial charge in [-0.2, -0.15) is 0 Å². The zero-order valence-corrected chi connectivity index (χ0v) is 38.5. The molecular formula is C47H93N2O6P. The lowest BCUT2D eigenvalue weighted by molar-refractivity contribution is -0.870. The van der Waals surface area contributed by atoms with E-state index in [1.165, 1.54) is 128 Å². The molecule has 3 unspecified atom stereocenters. The average molecular weight is 813 g/mol. The molecule has 56 heavy (non-hydrogen) atoms. The van der Waals surface area contributed by atoms with Crippen LogP contribution in [0.5, 0.6) is 0 Å². The Balaban J connectivity index is 4.30. The van der Waals surface area contributed by atoms with Gasteiger partial charge in [-0.15, -0.1) is 0 Å². The maximum atomic E-state index is 12.9. The number of hydrogen-bond acceptors (Lipinski definition) is 6. The molecule has 0 fully saturated rings. The number of nitrogens with zero attached hydrogens (tertiary/aromatic N) is 1. The molecule has 0 aliphatic heterocycles. The van der Waals surface area contributed by atoms with Gasteiger partial charge in [0, 0.05) is 6.42 Å². The summed E-state index contributed by atoms with van der Waals surface area (Å²) in [6.07, 6.45) is 46.1. The number of phosphoric acid groups is 1. The number of amides is 1. The summed E-state index contributed by atoms with van der Waals surface area (Å²) < 4.78 is 23.3. The van der Waals surface area contributed by atoms with Crippen LogP contribution in [0, 0.1) is 0 Å². The first kappa shape index (κ1) is 55.0. The first-order valence-corrected chi connectivity index (χ1v) is 25.1. The zero-order valence-electron chi connectivity index (χ0n) is 37.6. The van der Waals surface area contributed by atoms with Crippen LogP contribution in [-0.4, -0.2) is 68.5 Å². The molecule has 3 atom stereocenters. The van der Waals surface area contributed by atoms with Crippen molar-refractivity contribution in [3.63, 3.8) is 0 Å². The molecule has 2 N–H and O–H groups in total. The van der Waals surface area contributed by atoms with E-state index in [0.717, 1.165) is 64.2 Å². The van der Waals surface area contributed by atoms with E-state index in [4.69, 9.17) is 9.05 Å². The van der Waals surface area contributed by atoms with Gasteiger partial charge in [-0.25, -0.2) is 0 Å². The fourth-order valence-corrected chi connectivity index (χ4v) is 7.60. The molecule has 8 nitrogen and oxygen atoms in total. The highest BCUT2D eigenvalue weighted by atomic mass is 31.2. The van der Waals surface area contributed by atoms with Crippen molar-refractivity contribution in [2.24, 2.45) is 0 Å². The van der Waals surface area contributed by atoms with Crippen LogP contribution in [0.3, 0.4) is 0 Å². The lowest BCUT2D eigenvalue weighted by Crippen LogP contribution is -2.46. The number of allylic oxidation sites excluding steroid dienone is 4.